The van der Waals surface area contributed by atoms with Gasteiger partial charge in [-0.15, -0.1) is 0 Å². The summed E-state index contributed by atoms with van der Waals surface area (Å²) in [5, 5.41) is 0. The molecule has 0 bridgehead atoms. The second-order valence-corrected chi connectivity index (χ2v) is 8.44. The van der Waals surface area contributed by atoms with Crippen molar-refractivity contribution in [2.75, 3.05) is 11.4 Å². The van der Waals surface area contributed by atoms with E-state index in [9.17, 15) is 9.18 Å². The van der Waals surface area contributed by atoms with Gasteiger partial charge in [0.05, 0.1) is 11.2 Å². The second-order valence-electron chi connectivity index (χ2n) is 8.44. The van der Waals surface area contributed by atoms with E-state index in [4.69, 9.17) is 9.72 Å². The zero-order valence-electron chi connectivity index (χ0n) is 17.7. The van der Waals surface area contributed by atoms with Crippen LogP contribution in [0.3, 0.4) is 0 Å². The van der Waals surface area contributed by atoms with Crippen molar-refractivity contribution in [3.8, 4) is 5.75 Å². The number of ether oxygens (including phenoxy) is 1. The molecule has 156 valence electrons. The lowest BCUT2D eigenvalue weighted by Gasteiger charge is -2.33. The smallest absolute Gasteiger partial charge is 0.226 e. The van der Waals surface area contributed by atoms with Gasteiger partial charge in [-0.05, 0) is 68.9 Å². The summed E-state index contributed by atoms with van der Waals surface area (Å²) in [6, 6.07) is 6.96. The fourth-order valence-corrected chi connectivity index (χ4v) is 4.80. The Morgan fingerprint density at radius 2 is 2.00 bits per heavy atom. The Bertz CT molecular complexity index is 1170. The second kappa shape index (κ2) is 7.11. The first-order valence-electron chi connectivity index (χ1n) is 10.7. The summed E-state index contributed by atoms with van der Waals surface area (Å²) in [6.07, 6.45) is 3.98. The van der Waals surface area contributed by atoms with Gasteiger partial charge in [0.2, 0.25) is 5.91 Å². The number of carbonyl (C=O) groups is 1. The molecule has 3 heterocycles. The predicted molar refractivity (Wildman–Crippen MR) is 114 cm³/mol. The van der Waals surface area contributed by atoms with Gasteiger partial charge in [0.25, 0.3) is 0 Å². The maximum absolute atomic E-state index is 13.6. The zero-order chi connectivity index (χ0) is 21.0. The molecule has 2 aliphatic heterocycles. The lowest BCUT2D eigenvalue weighted by atomic mass is 9.92. The van der Waals surface area contributed by atoms with Gasteiger partial charge >= 0.3 is 0 Å². The van der Waals surface area contributed by atoms with Crippen molar-refractivity contribution in [2.45, 2.75) is 52.1 Å². The Labute approximate surface area is 175 Å². The van der Waals surface area contributed by atoms with Crippen LogP contribution in [0.15, 0.2) is 24.3 Å². The van der Waals surface area contributed by atoms with Crippen LogP contribution in [0, 0.1) is 19.7 Å². The Balaban J connectivity index is 1.66. The van der Waals surface area contributed by atoms with Crippen LogP contribution in [0.25, 0.3) is 11.0 Å². The van der Waals surface area contributed by atoms with Gasteiger partial charge in [-0.3, -0.25) is 4.79 Å². The van der Waals surface area contributed by atoms with Gasteiger partial charge in [0, 0.05) is 25.6 Å². The number of rotatable bonds is 2. The van der Waals surface area contributed by atoms with Gasteiger partial charge in [-0.25, -0.2) is 9.37 Å². The van der Waals surface area contributed by atoms with E-state index in [0.29, 0.717) is 6.42 Å². The number of amides is 1. The summed E-state index contributed by atoms with van der Waals surface area (Å²) in [5.74, 6) is 1.61. The molecule has 0 saturated carbocycles. The van der Waals surface area contributed by atoms with Gasteiger partial charge in [0.15, 0.2) is 5.75 Å². The van der Waals surface area contributed by atoms with Gasteiger partial charge in [-0.2, -0.15) is 0 Å². The first kappa shape index (κ1) is 19.1. The van der Waals surface area contributed by atoms with Crippen LogP contribution in [0.5, 0.6) is 5.75 Å². The predicted octanol–water partition coefficient (Wildman–Crippen LogP) is 4.91. The van der Waals surface area contributed by atoms with E-state index in [0.717, 1.165) is 77.2 Å². The molecule has 5 nitrogen and oxygen atoms in total. The molecule has 1 aromatic heterocycles. The van der Waals surface area contributed by atoms with Crippen LogP contribution in [-0.2, 0) is 18.3 Å². The number of aryl methyl sites for hydroxylation is 3. The van der Waals surface area contributed by atoms with Crippen molar-refractivity contribution in [1.82, 2.24) is 9.55 Å². The molecule has 3 aromatic rings. The van der Waals surface area contributed by atoms with Crippen LogP contribution >= 0.6 is 0 Å². The van der Waals surface area contributed by atoms with E-state index >= 15 is 0 Å². The molecule has 2 aliphatic rings. The maximum Gasteiger partial charge on any atom is 0.226 e. The molecule has 1 saturated heterocycles. The Morgan fingerprint density at radius 1 is 1.17 bits per heavy atom. The van der Waals surface area contributed by atoms with Crippen LogP contribution in [-0.4, -0.2) is 22.0 Å². The number of piperidine rings is 1. The number of hydrogen-bond acceptors (Lipinski definition) is 3. The molecule has 2 aromatic carbocycles. The number of fused-ring (bicyclic) bond motifs is 3. The van der Waals surface area contributed by atoms with Gasteiger partial charge in [0.1, 0.15) is 23.3 Å². The van der Waals surface area contributed by atoms with Crippen LogP contribution < -0.4 is 9.64 Å². The summed E-state index contributed by atoms with van der Waals surface area (Å²) in [7, 11) is 1.99. The fraction of sp³-hybridized carbons (Fsp3) is 0.417. The van der Waals surface area contributed by atoms with Crippen LogP contribution in [0.2, 0.25) is 0 Å². The number of hydrogen-bond donors (Lipinski definition) is 0. The standard InChI is InChI=1S/C24H26FN3O2/c1-14-12-16(25)7-8-17(14)21-10-9-18-19(28-11-5-4-6-22(28)29)13-20-23(24(18)30-21)26-15(2)27(20)3/h7-8,12-13,21H,4-6,9-11H2,1-3H3/t21-/m0/s1. The number of imidazole rings is 1. The lowest BCUT2D eigenvalue weighted by molar-refractivity contribution is -0.119. The average Bonchev–Trinajstić information content (AvgIpc) is 3.02. The van der Waals surface area contributed by atoms with Crippen LogP contribution in [0.4, 0.5) is 10.1 Å². The van der Waals surface area contributed by atoms with E-state index in [1.807, 2.05) is 36.4 Å². The highest BCUT2D eigenvalue weighted by Crippen LogP contribution is 2.45. The molecule has 1 fully saturated rings. The van der Waals surface area contributed by atoms with E-state index in [1.54, 1.807) is 6.07 Å². The fourth-order valence-electron chi connectivity index (χ4n) is 4.80. The molecular weight excluding hydrogens is 381 g/mol. The van der Waals surface area contributed by atoms with Crippen molar-refractivity contribution < 1.29 is 13.9 Å². The monoisotopic (exact) mass is 407 g/mol. The minimum atomic E-state index is -0.235. The van der Waals surface area contributed by atoms with E-state index in [2.05, 4.69) is 6.07 Å². The number of nitrogens with zero attached hydrogens (tertiary/aromatic N) is 3. The molecule has 30 heavy (non-hydrogen) atoms. The maximum atomic E-state index is 13.6. The quantitative estimate of drug-likeness (QED) is 0.606. The lowest BCUT2D eigenvalue weighted by Crippen LogP contribution is -2.36. The summed E-state index contributed by atoms with van der Waals surface area (Å²) < 4.78 is 22.2. The first-order valence-corrected chi connectivity index (χ1v) is 10.7. The minimum Gasteiger partial charge on any atom is -0.483 e. The Kier molecular flexibility index (Phi) is 4.53. The largest absolute Gasteiger partial charge is 0.483 e. The number of aromatic nitrogens is 2. The molecule has 0 aliphatic carbocycles. The van der Waals surface area contributed by atoms with E-state index < -0.39 is 0 Å². The Morgan fingerprint density at radius 3 is 2.77 bits per heavy atom. The number of anilines is 1. The summed E-state index contributed by atoms with van der Waals surface area (Å²) in [6.45, 7) is 4.64. The third-order valence-electron chi connectivity index (χ3n) is 6.54. The SMILES string of the molecule is Cc1cc(F)ccc1[C@@H]1CCc2c(N3CCCCC3=O)cc3c(nc(C)n3C)c2O1. The number of halogens is 1. The molecule has 1 atom stereocenters. The number of carbonyl (C=O) groups excluding carboxylic acids is 1. The molecular formula is C24H26FN3O2. The van der Waals surface area contributed by atoms with Gasteiger partial charge < -0.3 is 14.2 Å². The number of benzene rings is 2. The van der Waals surface area contributed by atoms with Crippen molar-refractivity contribution in [1.29, 1.82) is 0 Å². The summed E-state index contributed by atoms with van der Waals surface area (Å²) >= 11 is 0. The highest BCUT2D eigenvalue weighted by atomic mass is 19.1. The molecule has 6 heteroatoms. The van der Waals surface area contributed by atoms with Crippen molar-refractivity contribution in [3.63, 3.8) is 0 Å². The van der Waals surface area contributed by atoms with Crippen molar-refractivity contribution >= 4 is 22.6 Å². The van der Waals surface area contributed by atoms with Gasteiger partial charge in [-0.1, -0.05) is 6.07 Å². The summed E-state index contributed by atoms with van der Waals surface area (Å²) in [4.78, 5) is 19.4. The molecule has 1 amide bonds. The zero-order valence-corrected chi connectivity index (χ0v) is 17.7. The molecule has 0 radical (unpaired) electrons. The van der Waals surface area contributed by atoms with Crippen molar-refractivity contribution in [2.24, 2.45) is 7.05 Å². The summed E-state index contributed by atoms with van der Waals surface area (Å²) in [5.41, 5.74) is 5.71. The molecule has 5 rings (SSSR count). The first-order chi connectivity index (χ1) is 14.4. The average molecular weight is 407 g/mol. The highest BCUT2D eigenvalue weighted by Gasteiger charge is 2.32. The van der Waals surface area contributed by atoms with Crippen molar-refractivity contribution in [3.05, 3.63) is 52.6 Å². The highest BCUT2D eigenvalue weighted by molar-refractivity contribution is 5.99. The van der Waals surface area contributed by atoms with E-state index in [1.165, 1.54) is 6.07 Å². The molecule has 0 unspecified atom stereocenters. The van der Waals surface area contributed by atoms with E-state index in [-0.39, 0.29) is 17.8 Å². The Hall–Kier alpha value is -2.89. The molecule has 0 spiro atoms. The third-order valence-corrected chi connectivity index (χ3v) is 6.54. The minimum absolute atomic E-state index is 0.157. The van der Waals surface area contributed by atoms with Crippen LogP contribution in [0.1, 0.15) is 54.3 Å². The molecule has 0 N–H and O–H groups in total. The normalized spacial score (nSPS) is 19.1. The third kappa shape index (κ3) is 2.97. The topological polar surface area (TPSA) is 47.4 Å².